The highest BCUT2D eigenvalue weighted by Crippen LogP contribution is 2.30. The molecule has 0 atom stereocenters. The monoisotopic (exact) mass is 367 g/mol. The molecular weight excluding hydrogens is 349 g/mol. The van der Waals surface area contributed by atoms with Gasteiger partial charge in [0.2, 0.25) is 5.91 Å². The van der Waals surface area contributed by atoms with E-state index in [1.54, 1.807) is 29.3 Å². The molecule has 0 spiro atoms. The summed E-state index contributed by atoms with van der Waals surface area (Å²) in [7, 11) is 0. The highest BCUT2D eigenvalue weighted by molar-refractivity contribution is 7.13. The zero-order valence-electron chi connectivity index (χ0n) is 14.1. The van der Waals surface area contributed by atoms with E-state index in [9.17, 15) is 9.18 Å². The Kier molecular flexibility index (Phi) is 4.75. The minimum absolute atomic E-state index is 0.00590. The van der Waals surface area contributed by atoms with Crippen molar-refractivity contribution in [3.8, 4) is 10.7 Å². The zero-order valence-corrected chi connectivity index (χ0v) is 15.0. The lowest BCUT2D eigenvalue weighted by Crippen LogP contribution is -2.34. The molecule has 132 valence electrons. The van der Waals surface area contributed by atoms with Gasteiger partial charge in [0.05, 0.1) is 17.8 Å². The summed E-state index contributed by atoms with van der Waals surface area (Å²) in [5.74, 6) is -0.273. The highest BCUT2D eigenvalue weighted by atomic mass is 32.1. The fraction of sp³-hybridized carbons (Fsp3) is 0.250. The van der Waals surface area contributed by atoms with Gasteiger partial charge in [0.25, 0.3) is 0 Å². The Morgan fingerprint density at radius 2 is 2.00 bits per heavy atom. The molecule has 3 aromatic rings. The number of aromatic nitrogens is 2. The number of carbonyl (C=O) groups excluding carboxylic acids is 1. The Morgan fingerprint density at radius 1 is 1.19 bits per heavy atom. The number of hydrogen-bond acceptors (Lipinski definition) is 4. The van der Waals surface area contributed by atoms with E-state index < -0.39 is 0 Å². The Hall–Kier alpha value is -2.60. The van der Waals surface area contributed by atoms with Crippen molar-refractivity contribution in [2.75, 3.05) is 0 Å². The van der Waals surface area contributed by atoms with Crippen molar-refractivity contribution >= 4 is 17.2 Å². The zero-order chi connectivity index (χ0) is 17.9. The Labute approximate surface area is 155 Å². The first-order valence-corrected chi connectivity index (χ1v) is 9.47. The molecule has 0 saturated heterocycles. The van der Waals surface area contributed by atoms with Crippen LogP contribution in [0.1, 0.15) is 24.1 Å². The lowest BCUT2D eigenvalue weighted by atomic mass is 10.2. The predicted octanol–water partition coefficient (Wildman–Crippen LogP) is 4.08. The molecular formula is C20H18FN3OS. The van der Waals surface area contributed by atoms with Gasteiger partial charge >= 0.3 is 0 Å². The number of rotatable bonds is 6. The molecule has 1 fully saturated rings. The summed E-state index contributed by atoms with van der Waals surface area (Å²) in [6, 6.07) is 12.5. The first-order valence-electron chi connectivity index (χ1n) is 8.59. The van der Waals surface area contributed by atoms with Gasteiger partial charge in [0, 0.05) is 29.7 Å². The van der Waals surface area contributed by atoms with Crippen LogP contribution in [0.25, 0.3) is 10.7 Å². The van der Waals surface area contributed by atoms with E-state index in [0.29, 0.717) is 12.1 Å². The second-order valence-corrected chi connectivity index (χ2v) is 7.24. The molecule has 2 heterocycles. The van der Waals surface area contributed by atoms with Crippen LogP contribution in [-0.4, -0.2) is 26.8 Å². The quantitative estimate of drug-likeness (QED) is 0.660. The minimum atomic E-state index is -0.267. The van der Waals surface area contributed by atoms with Gasteiger partial charge in [-0.3, -0.25) is 9.78 Å². The second-order valence-electron chi connectivity index (χ2n) is 6.38. The number of carbonyl (C=O) groups is 1. The molecule has 0 bridgehead atoms. The lowest BCUT2D eigenvalue weighted by Gasteiger charge is -2.22. The molecule has 0 aliphatic heterocycles. The largest absolute Gasteiger partial charge is 0.335 e. The van der Waals surface area contributed by atoms with Crippen molar-refractivity contribution < 1.29 is 9.18 Å². The van der Waals surface area contributed by atoms with E-state index in [1.165, 1.54) is 17.4 Å². The Morgan fingerprint density at radius 3 is 2.73 bits per heavy atom. The molecule has 1 aliphatic rings. The van der Waals surface area contributed by atoms with Gasteiger partial charge < -0.3 is 4.90 Å². The van der Waals surface area contributed by atoms with Crippen molar-refractivity contribution in [3.63, 3.8) is 0 Å². The van der Waals surface area contributed by atoms with Crippen molar-refractivity contribution in [1.82, 2.24) is 14.9 Å². The number of pyridine rings is 1. The number of nitrogens with zero attached hydrogens (tertiary/aromatic N) is 3. The summed E-state index contributed by atoms with van der Waals surface area (Å²) in [6.07, 6.45) is 3.92. The molecule has 1 aromatic carbocycles. The van der Waals surface area contributed by atoms with Crippen LogP contribution in [-0.2, 0) is 17.8 Å². The van der Waals surface area contributed by atoms with Crippen molar-refractivity contribution in [2.45, 2.75) is 31.8 Å². The molecule has 1 aliphatic carbocycles. The van der Waals surface area contributed by atoms with E-state index >= 15 is 0 Å². The molecule has 1 saturated carbocycles. The summed E-state index contributed by atoms with van der Waals surface area (Å²) in [4.78, 5) is 23.4. The topological polar surface area (TPSA) is 46.1 Å². The predicted molar refractivity (Wildman–Crippen MR) is 99.0 cm³/mol. The Balaban J connectivity index is 1.47. The summed E-state index contributed by atoms with van der Waals surface area (Å²) >= 11 is 1.48. The maximum atomic E-state index is 14.0. The van der Waals surface area contributed by atoms with Crippen LogP contribution in [0.2, 0.25) is 0 Å². The molecule has 0 unspecified atom stereocenters. The number of thiazole rings is 1. The number of hydrogen-bond donors (Lipinski definition) is 0. The third kappa shape index (κ3) is 3.80. The maximum Gasteiger partial charge on any atom is 0.229 e. The van der Waals surface area contributed by atoms with Crippen LogP contribution in [0.5, 0.6) is 0 Å². The highest BCUT2D eigenvalue weighted by Gasteiger charge is 2.33. The fourth-order valence-corrected chi connectivity index (χ4v) is 3.66. The van der Waals surface area contributed by atoms with E-state index in [4.69, 9.17) is 0 Å². The van der Waals surface area contributed by atoms with Gasteiger partial charge in [0.15, 0.2) is 0 Å². The molecule has 26 heavy (non-hydrogen) atoms. The van der Waals surface area contributed by atoms with Crippen molar-refractivity contribution in [2.24, 2.45) is 0 Å². The van der Waals surface area contributed by atoms with Gasteiger partial charge in [-0.15, -0.1) is 11.3 Å². The summed E-state index contributed by atoms with van der Waals surface area (Å²) < 4.78 is 14.0. The fourth-order valence-electron chi connectivity index (χ4n) is 2.87. The van der Waals surface area contributed by atoms with Crippen LogP contribution >= 0.6 is 11.3 Å². The van der Waals surface area contributed by atoms with Gasteiger partial charge in [0.1, 0.15) is 10.8 Å². The standard InChI is InChI=1S/C20H18FN3OS/c21-17-6-2-1-5-14(17)12-24(16-8-9-16)19(25)11-15-13-26-20(23-15)18-7-3-4-10-22-18/h1-7,10,13,16H,8-9,11-12H2. The molecule has 2 aromatic heterocycles. The smallest absolute Gasteiger partial charge is 0.229 e. The van der Waals surface area contributed by atoms with Crippen LogP contribution < -0.4 is 0 Å². The normalized spacial score (nSPS) is 13.6. The first kappa shape index (κ1) is 16.8. The molecule has 6 heteroatoms. The average Bonchev–Trinajstić information content (AvgIpc) is 3.40. The number of amides is 1. The van der Waals surface area contributed by atoms with Crippen LogP contribution in [0.4, 0.5) is 4.39 Å². The van der Waals surface area contributed by atoms with E-state index in [1.807, 2.05) is 23.6 Å². The van der Waals surface area contributed by atoms with Gasteiger partial charge in [-0.05, 0) is 31.0 Å². The Bertz CT molecular complexity index is 908. The van der Waals surface area contributed by atoms with Crippen molar-refractivity contribution in [3.05, 3.63) is 71.1 Å². The molecule has 4 nitrogen and oxygen atoms in total. The molecule has 4 rings (SSSR count). The summed E-state index contributed by atoms with van der Waals surface area (Å²) in [6.45, 7) is 0.313. The van der Waals surface area contributed by atoms with Crippen LogP contribution in [0.3, 0.4) is 0 Å². The number of halogens is 1. The SMILES string of the molecule is O=C(Cc1csc(-c2ccccn2)n1)N(Cc1ccccc1F)C1CC1. The summed E-state index contributed by atoms with van der Waals surface area (Å²) in [5.41, 5.74) is 2.10. The third-order valence-corrected chi connectivity index (χ3v) is 5.29. The van der Waals surface area contributed by atoms with Gasteiger partial charge in [-0.2, -0.15) is 0 Å². The maximum absolute atomic E-state index is 14.0. The van der Waals surface area contributed by atoms with Crippen molar-refractivity contribution in [1.29, 1.82) is 0 Å². The summed E-state index contributed by atoms with van der Waals surface area (Å²) in [5, 5.41) is 2.70. The van der Waals surface area contributed by atoms with Gasteiger partial charge in [-0.25, -0.2) is 9.37 Å². The molecule has 0 radical (unpaired) electrons. The van der Waals surface area contributed by atoms with E-state index in [-0.39, 0.29) is 24.2 Å². The second kappa shape index (κ2) is 7.33. The third-order valence-electron chi connectivity index (χ3n) is 4.37. The number of benzene rings is 1. The minimum Gasteiger partial charge on any atom is -0.335 e. The lowest BCUT2D eigenvalue weighted by molar-refractivity contribution is -0.131. The van der Waals surface area contributed by atoms with Gasteiger partial charge in [-0.1, -0.05) is 24.3 Å². The molecule has 0 N–H and O–H groups in total. The average molecular weight is 367 g/mol. The van der Waals surface area contributed by atoms with Crippen LogP contribution in [0, 0.1) is 5.82 Å². The molecule has 1 amide bonds. The first-order chi connectivity index (χ1) is 12.7. The van der Waals surface area contributed by atoms with E-state index in [2.05, 4.69) is 9.97 Å². The van der Waals surface area contributed by atoms with E-state index in [0.717, 1.165) is 29.2 Å². The van der Waals surface area contributed by atoms with Crippen LogP contribution in [0.15, 0.2) is 54.0 Å².